The fourth-order valence-corrected chi connectivity index (χ4v) is 4.06. The van der Waals surface area contributed by atoms with Gasteiger partial charge in [-0.2, -0.15) is 0 Å². The molecule has 6 nitrogen and oxygen atoms in total. The van der Waals surface area contributed by atoms with Crippen LogP contribution in [0.4, 0.5) is 4.79 Å². The van der Waals surface area contributed by atoms with Gasteiger partial charge in [0, 0.05) is 32.0 Å². The molecule has 2 amide bonds. The van der Waals surface area contributed by atoms with E-state index in [1.54, 1.807) is 0 Å². The Morgan fingerprint density at radius 2 is 2.22 bits per heavy atom. The van der Waals surface area contributed by atoms with Gasteiger partial charge in [0.15, 0.2) is 0 Å². The molecule has 0 saturated heterocycles. The first-order valence-electron chi connectivity index (χ1n) is 8.90. The quantitative estimate of drug-likeness (QED) is 0.894. The molecule has 0 spiro atoms. The molecule has 1 aliphatic heterocycles. The summed E-state index contributed by atoms with van der Waals surface area (Å²) >= 11 is 0. The lowest BCUT2D eigenvalue weighted by Crippen LogP contribution is -2.48. The lowest BCUT2D eigenvalue weighted by molar-refractivity contribution is 0.149. The number of hydrogen-bond acceptors (Lipinski definition) is 3. The number of hydrogen-bond donors (Lipinski definition) is 2. The largest absolute Gasteiger partial charge is 0.338 e. The van der Waals surface area contributed by atoms with Crippen LogP contribution in [0.2, 0.25) is 0 Å². The van der Waals surface area contributed by atoms with Gasteiger partial charge in [-0.3, -0.25) is 0 Å². The lowest BCUT2D eigenvalue weighted by atomic mass is 9.70. The summed E-state index contributed by atoms with van der Waals surface area (Å²) in [5.41, 5.74) is 0.405. The average Bonchev–Trinajstić information content (AvgIpc) is 3.06. The van der Waals surface area contributed by atoms with E-state index in [1.165, 1.54) is 12.8 Å². The zero-order chi connectivity index (χ0) is 16.4. The summed E-state index contributed by atoms with van der Waals surface area (Å²) < 4.78 is 2.19. The highest BCUT2D eigenvalue weighted by Crippen LogP contribution is 2.38. The summed E-state index contributed by atoms with van der Waals surface area (Å²) in [7, 11) is 0. The summed E-state index contributed by atoms with van der Waals surface area (Å²) in [4.78, 5) is 12.1. The number of rotatable bonds is 4. The third-order valence-corrected chi connectivity index (χ3v) is 5.33. The van der Waals surface area contributed by atoms with Gasteiger partial charge in [-0.25, -0.2) is 4.79 Å². The molecule has 3 rings (SSSR count). The van der Waals surface area contributed by atoms with Gasteiger partial charge in [0.1, 0.15) is 11.6 Å². The van der Waals surface area contributed by atoms with Crippen LogP contribution in [0.15, 0.2) is 0 Å². The SMILES string of the molecule is C[C@H]1CC(C)(C)CC[C@H]1NC(=O)NCCc1nnc2n1CCC2. The second-order valence-electron chi connectivity index (χ2n) is 7.93. The van der Waals surface area contributed by atoms with Crippen LogP contribution >= 0.6 is 0 Å². The molecule has 0 radical (unpaired) electrons. The minimum absolute atomic E-state index is 0.0530. The molecule has 1 aromatic rings. The smallest absolute Gasteiger partial charge is 0.315 e. The topological polar surface area (TPSA) is 71.8 Å². The Morgan fingerprint density at radius 1 is 1.39 bits per heavy atom. The van der Waals surface area contributed by atoms with E-state index in [4.69, 9.17) is 0 Å². The van der Waals surface area contributed by atoms with E-state index < -0.39 is 0 Å². The fourth-order valence-electron chi connectivity index (χ4n) is 4.06. The van der Waals surface area contributed by atoms with Crippen molar-refractivity contribution in [2.75, 3.05) is 6.54 Å². The van der Waals surface area contributed by atoms with E-state index >= 15 is 0 Å². The number of fused-ring (bicyclic) bond motifs is 1. The Labute approximate surface area is 138 Å². The van der Waals surface area contributed by atoms with Gasteiger partial charge in [-0.15, -0.1) is 10.2 Å². The van der Waals surface area contributed by atoms with Crippen molar-refractivity contribution in [2.24, 2.45) is 11.3 Å². The molecule has 1 aliphatic carbocycles. The van der Waals surface area contributed by atoms with E-state index in [-0.39, 0.29) is 6.03 Å². The summed E-state index contributed by atoms with van der Waals surface area (Å²) in [5, 5.41) is 14.5. The van der Waals surface area contributed by atoms with Crippen molar-refractivity contribution in [1.82, 2.24) is 25.4 Å². The highest BCUT2D eigenvalue weighted by Gasteiger charge is 2.32. The van der Waals surface area contributed by atoms with Crippen molar-refractivity contribution in [3.8, 4) is 0 Å². The maximum atomic E-state index is 12.1. The van der Waals surface area contributed by atoms with E-state index in [0.717, 1.165) is 43.9 Å². The number of aromatic nitrogens is 3. The van der Waals surface area contributed by atoms with Crippen molar-refractivity contribution >= 4 is 6.03 Å². The van der Waals surface area contributed by atoms with Crippen LogP contribution in [0.3, 0.4) is 0 Å². The standard InChI is InChI=1S/C17H29N5O/c1-12-11-17(2,3)8-6-13(12)19-16(23)18-9-7-15-21-20-14-5-4-10-22(14)15/h12-13H,4-11H2,1-3H3,(H2,18,19,23)/t12-,13+/m0/s1. The Bertz CT molecular complexity index is 565. The average molecular weight is 319 g/mol. The normalized spacial score (nSPS) is 25.9. The lowest BCUT2D eigenvalue weighted by Gasteiger charge is -2.39. The van der Waals surface area contributed by atoms with Crippen LogP contribution in [0.25, 0.3) is 0 Å². The van der Waals surface area contributed by atoms with Crippen LogP contribution in [-0.2, 0) is 19.4 Å². The summed E-state index contributed by atoms with van der Waals surface area (Å²) in [6.07, 6.45) is 6.34. The Morgan fingerprint density at radius 3 is 3.00 bits per heavy atom. The number of carbonyl (C=O) groups is 1. The molecule has 2 atom stereocenters. The maximum absolute atomic E-state index is 12.1. The highest BCUT2D eigenvalue weighted by molar-refractivity contribution is 5.74. The summed E-state index contributed by atoms with van der Waals surface area (Å²) in [6.45, 7) is 8.49. The number of nitrogens with one attached hydrogen (secondary N) is 2. The number of urea groups is 1. The monoisotopic (exact) mass is 319 g/mol. The molecule has 0 bridgehead atoms. The number of aryl methyl sites for hydroxylation is 1. The van der Waals surface area contributed by atoms with E-state index in [9.17, 15) is 4.79 Å². The van der Waals surface area contributed by atoms with E-state index in [1.807, 2.05) is 0 Å². The van der Waals surface area contributed by atoms with E-state index in [2.05, 4.69) is 46.2 Å². The minimum atomic E-state index is -0.0530. The van der Waals surface area contributed by atoms with Crippen molar-refractivity contribution < 1.29 is 4.79 Å². The molecule has 1 aromatic heterocycles. The van der Waals surface area contributed by atoms with Gasteiger partial charge >= 0.3 is 6.03 Å². The third kappa shape index (κ3) is 3.85. The molecular weight excluding hydrogens is 290 g/mol. The van der Waals surface area contributed by atoms with Gasteiger partial charge in [0.05, 0.1) is 0 Å². The maximum Gasteiger partial charge on any atom is 0.315 e. The number of carbonyl (C=O) groups excluding carboxylic acids is 1. The molecule has 23 heavy (non-hydrogen) atoms. The molecule has 2 aliphatic rings. The molecule has 1 fully saturated rings. The van der Waals surface area contributed by atoms with Crippen LogP contribution in [0, 0.1) is 11.3 Å². The predicted octanol–water partition coefficient (Wildman–Crippen LogP) is 2.28. The zero-order valence-electron chi connectivity index (χ0n) is 14.6. The van der Waals surface area contributed by atoms with E-state index in [0.29, 0.717) is 23.9 Å². The van der Waals surface area contributed by atoms with Crippen molar-refractivity contribution in [2.45, 2.75) is 71.9 Å². The Kier molecular flexibility index (Phi) is 4.60. The Hall–Kier alpha value is -1.59. The Balaban J connectivity index is 1.41. The van der Waals surface area contributed by atoms with Gasteiger partial charge in [0.25, 0.3) is 0 Å². The molecular formula is C17H29N5O. The van der Waals surface area contributed by atoms with Crippen LogP contribution in [-0.4, -0.2) is 33.4 Å². The number of amides is 2. The first kappa shape index (κ1) is 16.3. The van der Waals surface area contributed by atoms with Gasteiger partial charge < -0.3 is 15.2 Å². The van der Waals surface area contributed by atoms with Gasteiger partial charge in [0.2, 0.25) is 0 Å². The molecule has 128 valence electrons. The fraction of sp³-hybridized carbons (Fsp3) is 0.824. The summed E-state index contributed by atoms with van der Waals surface area (Å²) in [6, 6.07) is 0.239. The molecule has 2 heterocycles. The minimum Gasteiger partial charge on any atom is -0.338 e. The van der Waals surface area contributed by atoms with Crippen LogP contribution in [0.1, 0.15) is 58.1 Å². The molecule has 0 aromatic carbocycles. The predicted molar refractivity (Wildman–Crippen MR) is 89.2 cm³/mol. The zero-order valence-corrected chi connectivity index (χ0v) is 14.6. The van der Waals surface area contributed by atoms with Gasteiger partial charge in [-0.1, -0.05) is 20.8 Å². The van der Waals surface area contributed by atoms with Crippen molar-refractivity contribution in [1.29, 1.82) is 0 Å². The first-order chi connectivity index (χ1) is 10.9. The molecule has 1 saturated carbocycles. The second kappa shape index (κ2) is 6.49. The molecule has 2 N–H and O–H groups in total. The molecule has 0 unspecified atom stereocenters. The third-order valence-electron chi connectivity index (χ3n) is 5.33. The number of nitrogens with zero attached hydrogens (tertiary/aromatic N) is 3. The second-order valence-corrected chi connectivity index (χ2v) is 7.93. The van der Waals surface area contributed by atoms with Crippen molar-refractivity contribution in [3.63, 3.8) is 0 Å². The van der Waals surface area contributed by atoms with Crippen LogP contribution in [0.5, 0.6) is 0 Å². The molecule has 6 heteroatoms. The highest BCUT2D eigenvalue weighted by atomic mass is 16.2. The van der Waals surface area contributed by atoms with Crippen molar-refractivity contribution in [3.05, 3.63) is 11.6 Å². The van der Waals surface area contributed by atoms with Crippen LogP contribution < -0.4 is 10.6 Å². The first-order valence-corrected chi connectivity index (χ1v) is 8.90. The van der Waals surface area contributed by atoms with Gasteiger partial charge in [-0.05, 0) is 37.0 Å². The summed E-state index contributed by atoms with van der Waals surface area (Å²) in [5.74, 6) is 2.61.